The largest absolute Gasteiger partial charge is 0.507 e. The van der Waals surface area contributed by atoms with E-state index in [0.717, 1.165) is 18.8 Å². The molecule has 0 amide bonds. The summed E-state index contributed by atoms with van der Waals surface area (Å²) in [7, 11) is 0. The zero-order valence-corrected chi connectivity index (χ0v) is 10.4. The number of carbonyl (C=O) groups excluding carboxylic acids is 1. The van der Waals surface area contributed by atoms with Gasteiger partial charge in [0.2, 0.25) is 0 Å². The molecule has 5 heteroatoms. The van der Waals surface area contributed by atoms with E-state index >= 15 is 0 Å². The molecule has 0 aliphatic carbocycles. The lowest BCUT2D eigenvalue weighted by atomic mass is 10.1. The molecule has 2 rings (SSSR count). The molecule has 100 valence electrons. The van der Waals surface area contributed by atoms with Crippen LogP contribution in [0.15, 0.2) is 30.3 Å². The van der Waals surface area contributed by atoms with E-state index in [1.165, 1.54) is 12.8 Å². The molecule has 1 aromatic rings. The van der Waals surface area contributed by atoms with E-state index in [1.807, 2.05) is 12.1 Å². The Morgan fingerprint density at radius 2 is 1.63 bits per heavy atom. The van der Waals surface area contributed by atoms with Gasteiger partial charge in [0.15, 0.2) is 0 Å². The average molecular weight is 261 g/mol. The molecular weight excluding hydrogens is 246 g/mol. The first-order chi connectivity index (χ1) is 9.08. The Morgan fingerprint density at radius 1 is 1.05 bits per heavy atom. The van der Waals surface area contributed by atoms with E-state index in [9.17, 15) is 14.7 Å². The van der Waals surface area contributed by atoms with Gasteiger partial charge in [-0.2, -0.15) is 0 Å². The minimum atomic E-state index is -1.58. The zero-order chi connectivity index (χ0) is 13.8. The number of hydrogen-bond donors (Lipinski definition) is 2. The number of anilines is 1. The van der Waals surface area contributed by atoms with Crippen molar-refractivity contribution >= 4 is 23.2 Å². The Balaban J connectivity index is 2.13. The van der Waals surface area contributed by atoms with Crippen molar-refractivity contribution in [2.75, 3.05) is 18.0 Å². The molecule has 1 aliphatic heterocycles. The number of ketones is 1. The van der Waals surface area contributed by atoms with Crippen LogP contribution in [0.4, 0.5) is 5.69 Å². The third kappa shape index (κ3) is 3.13. The SMILES string of the molecule is O=C(O)C(=O)/C=C(\O)c1ccc(N2CCCC2)cc1. The topological polar surface area (TPSA) is 77.8 Å². The highest BCUT2D eigenvalue weighted by Crippen LogP contribution is 2.22. The molecule has 0 spiro atoms. The van der Waals surface area contributed by atoms with Crippen LogP contribution in [-0.2, 0) is 9.59 Å². The summed E-state index contributed by atoms with van der Waals surface area (Å²) < 4.78 is 0. The van der Waals surface area contributed by atoms with Gasteiger partial charge in [0.25, 0.3) is 5.78 Å². The molecule has 2 N–H and O–H groups in total. The second-order valence-electron chi connectivity index (χ2n) is 4.44. The van der Waals surface area contributed by atoms with Crippen LogP contribution in [0.2, 0.25) is 0 Å². The normalized spacial score (nSPS) is 15.6. The molecule has 5 nitrogen and oxygen atoms in total. The van der Waals surface area contributed by atoms with Gasteiger partial charge in [0.05, 0.1) is 0 Å². The maximum absolute atomic E-state index is 11.0. The number of hydrogen-bond acceptors (Lipinski definition) is 4. The summed E-state index contributed by atoms with van der Waals surface area (Å²) in [5.74, 6) is -3.05. The minimum Gasteiger partial charge on any atom is -0.507 e. The Bertz CT molecular complexity index is 513. The van der Waals surface area contributed by atoms with E-state index < -0.39 is 11.8 Å². The number of carboxylic acid groups (broad SMARTS) is 1. The summed E-state index contributed by atoms with van der Waals surface area (Å²) >= 11 is 0. The van der Waals surface area contributed by atoms with Crippen molar-refractivity contribution in [3.05, 3.63) is 35.9 Å². The molecular formula is C14H15NO4. The molecule has 0 unspecified atom stereocenters. The van der Waals surface area contributed by atoms with Crippen molar-refractivity contribution in [3.8, 4) is 0 Å². The van der Waals surface area contributed by atoms with Gasteiger partial charge in [-0.25, -0.2) is 4.79 Å². The van der Waals surface area contributed by atoms with Crippen molar-refractivity contribution in [3.63, 3.8) is 0 Å². The van der Waals surface area contributed by atoms with Crippen LogP contribution in [0.5, 0.6) is 0 Å². The summed E-state index contributed by atoms with van der Waals surface area (Å²) in [4.78, 5) is 23.6. The van der Waals surface area contributed by atoms with Crippen LogP contribution in [-0.4, -0.2) is 35.1 Å². The lowest BCUT2D eigenvalue weighted by Gasteiger charge is -2.17. The van der Waals surface area contributed by atoms with Gasteiger partial charge in [-0.3, -0.25) is 4.79 Å². The second kappa shape index (κ2) is 5.56. The van der Waals surface area contributed by atoms with Crippen LogP contribution >= 0.6 is 0 Å². The van der Waals surface area contributed by atoms with Crippen molar-refractivity contribution < 1.29 is 19.8 Å². The standard InChI is InChI=1S/C14H15NO4/c16-12(9-13(17)14(18)19)10-3-5-11(6-4-10)15-7-1-2-8-15/h3-6,9,16H,1-2,7-8H2,(H,18,19)/b12-9-. The summed E-state index contributed by atoms with van der Waals surface area (Å²) in [5.41, 5.74) is 1.50. The van der Waals surface area contributed by atoms with Crippen molar-refractivity contribution in [2.24, 2.45) is 0 Å². The van der Waals surface area contributed by atoms with Gasteiger partial charge in [0, 0.05) is 30.4 Å². The third-order valence-electron chi connectivity index (χ3n) is 3.11. The maximum atomic E-state index is 11.0. The van der Waals surface area contributed by atoms with Gasteiger partial charge in [0.1, 0.15) is 5.76 Å². The Hall–Kier alpha value is -2.30. The Kier molecular flexibility index (Phi) is 3.85. The fraction of sp³-hybridized carbons (Fsp3) is 0.286. The fourth-order valence-corrected chi connectivity index (χ4v) is 2.09. The van der Waals surface area contributed by atoms with E-state index in [-0.39, 0.29) is 5.76 Å². The van der Waals surface area contributed by atoms with E-state index in [1.54, 1.807) is 12.1 Å². The third-order valence-corrected chi connectivity index (χ3v) is 3.11. The predicted molar refractivity (Wildman–Crippen MR) is 71.1 cm³/mol. The first kappa shape index (κ1) is 13.1. The number of aliphatic hydroxyl groups is 1. The van der Waals surface area contributed by atoms with Gasteiger partial charge >= 0.3 is 5.97 Å². The lowest BCUT2D eigenvalue weighted by molar-refractivity contribution is -0.146. The number of aliphatic hydroxyl groups excluding tert-OH is 1. The highest BCUT2D eigenvalue weighted by atomic mass is 16.4. The highest BCUT2D eigenvalue weighted by Gasteiger charge is 2.13. The first-order valence-electron chi connectivity index (χ1n) is 6.11. The van der Waals surface area contributed by atoms with Crippen LogP contribution in [0, 0.1) is 0 Å². The van der Waals surface area contributed by atoms with Crippen LogP contribution < -0.4 is 4.90 Å². The molecule has 0 saturated carbocycles. The molecule has 1 heterocycles. The monoisotopic (exact) mass is 261 g/mol. The average Bonchev–Trinajstić information content (AvgIpc) is 2.92. The lowest BCUT2D eigenvalue weighted by Crippen LogP contribution is -2.17. The van der Waals surface area contributed by atoms with Gasteiger partial charge < -0.3 is 15.1 Å². The van der Waals surface area contributed by atoms with E-state index in [0.29, 0.717) is 11.6 Å². The van der Waals surface area contributed by atoms with Gasteiger partial charge in [-0.1, -0.05) is 0 Å². The molecule has 0 radical (unpaired) electrons. The number of carbonyl (C=O) groups is 2. The highest BCUT2D eigenvalue weighted by molar-refractivity contribution is 6.38. The molecule has 19 heavy (non-hydrogen) atoms. The van der Waals surface area contributed by atoms with Crippen molar-refractivity contribution in [1.29, 1.82) is 0 Å². The number of aliphatic carboxylic acids is 1. The van der Waals surface area contributed by atoms with Crippen molar-refractivity contribution in [1.82, 2.24) is 0 Å². The van der Waals surface area contributed by atoms with Crippen LogP contribution in [0.3, 0.4) is 0 Å². The smallest absolute Gasteiger partial charge is 0.376 e. The molecule has 1 fully saturated rings. The molecule has 0 atom stereocenters. The summed E-state index contributed by atoms with van der Waals surface area (Å²) in [6.45, 7) is 2.05. The van der Waals surface area contributed by atoms with Gasteiger partial charge in [-0.05, 0) is 37.1 Å². The maximum Gasteiger partial charge on any atom is 0.376 e. The van der Waals surface area contributed by atoms with Gasteiger partial charge in [-0.15, -0.1) is 0 Å². The van der Waals surface area contributed by atoms with E-state index in [4.69, 9.17) is 5.11 Å². The predicted octanol–water partition coefficient (Wildman–Crippen LogP) is 1.84. The molecule has 1 aromatic carbocycles. The summed E-state index contributed by atoms with van der Waals surface area (Å²) in [5, 5.41) is 18.1. The van der Waals surface area contributed by atoms with Crippen LogP contribution in [0.1, 0.15) is 18.4 Å². The zero-order valence-electron chi connectivity index (χ0n) is 10.4. The molecule has 1 aliphatic rings. The summed E-state index contributed by atoms with van der Waals surface area (Å²) in [6, 6.07) is 7.06. The second-order valence-corrected chi connectivity index (χ2v) is 4.44. The first-order valence-corrected chi connectivity index (χ1v) is 6.11. The Morgan fingerprint density at radius 3 is 2.16 bits per heavy atom. The number of rotatable bonds is 4. The molecule has 0 aromatic heterocycles. The Labute approximate surface area is 110 Å². The quantitative estimate of drug-likeness (QED) is 0.491. The van der Waals surface area contributed by atoms with E-state index in [2.05, 4.69) is 4.90 Å². The van der Waals surface area contributed by atoms with Crippen molar-refractivity contribution in [2.45, 2.75) is 12.8 Å². The number of nitrogens with zero attached hydrogens (tertiary/aromatic N) is 1. The molecule has 1 saturated heterocycles. The fourth-order valence-electron chi connectivity index (χ4n) is 2.09. The minimum absolute atomic E-state index is 0.333. The number of carboxylic acids is 1. The molecule has 0 bridgehead atoms. The van der Waals surface area contributed by atoms with Crippen LogP contribution in [0.25, 0.3) is 5.76 Å². The number of benzene rings is 1. The summed E-state index contributed by atoms with van der Waals surface area (Å²) in [6.07, 6.45) is 3.08.